The first kappa shape index (κ1) is 20.5. The van der Waals surface area contributed by atoms with E-state index in [9.17, 15) is 4.79 Å². The molecule has 0 spiro atoms. The number of ether oxygens (including phenoxy) is 2. The molecule has 9 nitrogen and oxygen atoms in total. The minimum atomic E-state index is 0.0423. The van der Waals surface area contributed by atoms with Crippen molar-refractivity contribution in [2.75, 3.05) is 51.0 Å². The number of hydrogen-bond donors (Lipinski definition) is 0. The SMILES string of the molecule is O=C(c1cccn1-c1nnc(N2CCCC2)s1)N1CCN(Cc2ccc3c(c2)OCO3)CC1. The lowest BCUT2D eigenvalue weighted by molar-refractivity contribution is 0.0620. The van der Waals surface area contributed by atoms with Gasteiger partial charge in [-0.05, 0) is 42.7 Å². The molecule has 2 fully saturated rings. The molecule has 0 unspecified atom stereocenters. The Bertz CT molecular complexity index is 1150. The summed E-state index contributed by atoms with van der Waals surface area (Å²) in [6.45, 7) is 6.24. The van der Waals surface area contributed by atoms with Gasteiger partial charge < -0.3 is 19.3 Å². The van der Waals surface area contributed by atoms with E-state index in [1.165, 1.54) is 18.4 Å². The Hall–Kier alpha value is -3.11. The van der Waals surface area contributed by atoms with E-state index in [0.29, 0.717) is 18.8 Å². The van der Waals surface area contributed by atoms with Crippen LogP contribution in [-0.4, -0.2) is 76.5 Å². The number of carbonyl (C=O) groups excluding carboxylic acids is 1. The monoisotopic (exact) mass is 466 g/mol. The lowest BCUT2D eigenvalue weighted by atomic mass is 10.1. The molecular formula is C23H26N6O3S. The molecule has 10 heteroatoms. The van der Waals surface area contributed by atoms with Crippen LogP contribution in [0.3, 0.4) is 0 Å². The Morgan fingerprint density at radius 2 is 1.73 bits per heavy atom. The van der Waals surface area contributed by atoms with Crippen molar-refractivity contribution in [2.24, 2.45) is 0 Å². The predicted molar refractivity (Wildman–Crippen MR) is 124 cm³/mol. The number of aromatic nitrogens is 3. The van der Waals surface area contributed by atoms with E-state index in [0.717, 1.165) is 54.5 Å². The third-order valence-corrected chi connectivity index (χ3v) is 7.44. The second-order valence-electron chi connectivity index (χ2n) is 8.58. The molecule has 172 valence electrons. The molecule has 3 aromatic rings. The number of rotatable bonds is 5. The lowest BCUT2D eigenvalue weighted by Gasteiger charge is -2.34. The van der Waals surface area contributed by atoms with E-state index in [1.54, 1.807) is 11.3 Å². The standard InChI is InChI=1S/C23H26N6O3S/c30-21(18-4-3-9-29(18)23-25-24-22(33-23)28-7-1-2-8-28)27-12-10-26(11-13-27)15-17-5-6-19-20(14-17)32-16-31-19/h3-6,9,14H,1-2,7-8,10-13,15-16H2. The molecule has 0 bridgehead atoms. The van der Waals surface area contributed by atoms with Crippen LogP contribution in [0.2, 0.25) is 0 Å². The van der Waals surface area contributed by atoms with Crippen molar-refractivity contribution in [3.05, 3.63) is 47.8 Å². The summed E-state index contributed by atoms with van der Waals surface area (Å²) in [7, 11) is 0. The molecule has 0 saturated carbocycles. The molecule has 0 N–H and O–H groups in total. The van der Waals surface area contributed by atoms with Crippen LogP contribution >= 0.6 is 11.3 Å². The summed E-state index contributed by atoms with van der Waals surface area (Å²) in [6.07, 6.45) is 4.29. The third-order valence-electron chi connectivity index (χ3n) is 6.46. The van der Waals surface area contributed by atoms with Crippen molar-refractivity contribution in [3.8, 4) is 16.6 Å². The largest absolute Gasteiger partial charge is 0.454 e. The molecule has 2 saturated heterocycles. The highest BCUT2D eigenvalue weighted by molar-refractivity contribution is 7.17. The topological polar surface area (TPSA) is 76.0 Å². The van der Waals surface area contributed by atoms with Crippen LogP contribution in [0.25, 0.3) is 5.13 Å². The third kappa shape index (κ3) is 4.04. The fourth-order valence-corrected chi connectivity index (χ4v) is 5.53. The number of fused-ring (bicyclic) bond motifs is 1. The van der Waals surface area contributed by atoms with Gasteiger partial charge in [0.2, 0.25) is 17.1 Å². The number of amides is 1. The average molecular weight is 467 g/mol. The van der Waals surface area contributed by atoms with Crippen LogP contribution < -0.4 is 14.4 Å². The maximum Gasteiger partial charge on any atom is 0.270 e. The van der Waals surface area contributed by atoms with Gasteiger partial charge in [0.25, 0.3) is 5.91 Å². The van der Waals surface area contributed by atoms with Gasteiger partial charge >= 0.3 is 0 Å². The molecule has 2 aromatic heterocycles. The van der Waals surface area contributed by atoms with E-state index < -0.39 is 0 Å². The van der Waals surface area contributed by atoms with Gasteiger partial charge in [0.15, 0.2) is 11.5 Å². The fourth-order valence-electron chi connectivity index (χ4n) is 4.63. The van der Waals surface area contributed by atoms with Gasteiger partial charge in [-0.15, -0.1) is 10.2 Å². The number of benzene rings is 1. The molecule has 0 radical (unpaired) electrons. The van der Waals surface area contributed by atoms with Crippen molar-refractivity contribution >= 4 is 22.4 Å². The first-order valence-corrected chi connectivity index (χ1v) is 12.2. The zero-order valence-electron chi connectivity index (χ0n) is 18.4. The normalized spacial score (nSPS) is 18.3. The molecule has 6 rings (SSSR count). The summed E-state index contributed by atoms with van der Waals surface area (Å²) < 4.78 is 12.8. The van der Waals surface area contributed by atoms with Crippen LogP contribution in [0.15, 0.2) is 36.5 Å². The number of nitrogens with zero attached hydrogens (tertiary/aromatic N) is 6. The van der Waals surface area contributed by atoms with Gasteiger partial charge in [0, 0.05) is 52.0 Å². The molecule has 0 aliphatic carbocycles. The Balaban J connectivity index is 1.09. The van der Waals surface area contributed by atoms with E-state index in [1.807, 2.05) is 39.9 Å². The molecule has 0 atom stereocenters. The van der Waals surface area contributed by atoms with Crippen LogP contribution in [0.5, 0.6) is 11.5 Å². The van der Waals surface area contributed by atoms with Crippen LogP contribution in [-0.2, 0) is 6.54 Å². The average Bonchev–Trinajstić information content (AvgIpc) is 3.64. The second-order valence-corrected chi connectivity index (χ2v) is 9.52. The summed E-state index contributed by atoms with van der Waals surface area (Å²) in [6, 6.07) is 9.87. The maximum absolute atomic E-state index is 13.3. The quantitative estimate of drug-likeness (QED) is 0.572. The summed E-state index contributed by atoms with van der Waals surface area (Å²) in [5.74, 6) is 1.66. The Labute approximate surface area is 196 Å². The van der Waals surface area contributed by atoms with Gasteiger partial charge in [-0.1, -0.05) is 17.4 Å². The molecule has 1 amide bonds. The minimum absolute atomic E-state index is 0.0423. The Kier molecular flexibility index (Phi) is 5.39. The number of hydrogen-bond acceptors (Lipinski definition) is 8. The van der Waals surface area contributed by atoms with E-state index >= 15 is 0 Å². The van der Waals surface area contributed by atoms with Crippen molar-refractivity contribution in [2.45, 2.75) is 19.4 Å². The summed E-state index contributed by atoms with van der Waals surface area (Å²) in [5.41, 5.74) is 1.83. The van der Waals surface area contributed by atoms with Crippen molar-refractivity contribution in [1.29, 1.82) is 0 Å². The first-order chi connectivity index (χ1) is 16.2. The van der Waals surface area contributed by atoms with Crippen molar-refractivity contribution < 1.29 is 14.3 Å². The molecular weight excluding hydrogens is 440 g/mol. The maximum atomic E-state index is 13.3. The second kappa shape index (κ2) is 8.68. The smallest absolute Gasteiger partial charge is 0.270 e. The van der Waals surface area contributed by atoms with Gasteiger partial charge in [-0.3, -0.25) is 14.3 Å². The summed E-state index contributed by atoms with van der Waals surface area (Å²) in [5, 5.41) is 10.4. The molecule has 33 heavy (non-hydrogen) atoms. The van der Waals surface area contributed by atoms with Gasteiger partial charge in [-0.25, -0.2) is 0 Å². The van der Waals surface area contributed by atoms with E-state index in [-0.39, 0.29) is 12.7 Å². The molecule has 1 aromatic carbocycles. The minimum Gasteiger partial charge on any atom is -0.454 e. The zero-order chi connectivity index (χ0) is 22.2. The molecule has 3 aliphatic heterocycles. The highest BCUT2D eigenvalue weighted by Crippen LogP contribution is 2.33. The number of anilines is 1. The Morgan fingerprint density at radius 1 is 0.939 bits per heavy atom. The first-order valence-electron chi connectivity index (χ1n) is 11.4. The highest BCUT2D eigenvalue weighted by atomic mass is 32.1. The van der Waals surface area contributed by atoms with Crippen LogP contribution in [0.1, 0.15) is 28.9 Å². The fraction of sp³-hybridized carbons (Fsp3) is 0.435. The van der Waals surface area contributed by atoms with Crippen molar-refractivity contribution in [1.82, 2.24) is 24.6 Å². The van der Waals surface area contributed by atoms with Crippen LogP contribution in [0, 0.1) is 0 Å². The van der Waals surface area contributed by atoms with E-state index in [4.69, 9.17) is 9.47 Å². The molecule has 3 aliphatic rings. The Morgan fingerprint density at radius 3 is 2.58 bits per heavy atom. The summed E-state index contributed by atoms with van der Waals surface area (Å²) in [4.78, 5) is 19.9. The highest BCUT2D eigenvalue weighted by Gasteiger charge is 2.26. The van der Waals surface area contributed by atoms with Crippen molar-refractivity contribution in [3.63, 3.8) is 0 Å². The van der Waals surface area contributed by atoms with Gasteiger partial charge in [0.1, 0.15) is 5.69 Å². The van der Waals surface area contributed by atoms with E-state index in [2.05, 4.69) is 26.1 Å². The molecule has 5 heterocycles. The number of carbonyl (C=O) groups is 1. The summed E-state index contributed by atoms with van der Waals surface area (Å²) >= 11 is 1.54. The lowest BCUT2D eigenvalue weighted by Crippen LogP contribution is -2.48. The van der Waals surface area contributed by atoms with Crippen LogP contribution in [0.4, 0.5) is 5.13 Å². The predicted octanol–water partition coefficient (Wildman–Crippen LogP) is 2.62. The zero-order valence-corrected chi connectivity index (χ0v) is 19.2. The number of piperazine rings is 1. The van der Waals surface area contributed by atoms with Gasteiger partial charge in [0.05, 0.1) is 0 Å². The van der Waals surface area contributed by atoms with Gasteiger partial charge in [-0.2, -0.15) is 0 Å².